The molecule has 1 atom stereocenters. The number of esters is 1. The highest BCUT2D eigenvalue weighted by Gasteiger charge is 2.47. The van der Waals surface area contributed by atoms with Crippen LogP contribution in [-0.4, -0.2) is 35.2 Å². The van der Waals surface area contributed by atoms with E-state index >= 15 is 0 Å². The largest absolute Gasteiger partial charge is 0.441 e. The van der Waals surface area contributed by atoms with Crippen molar-refractivity contribution in [1.82, 2.24) is 4.90 Å². The number of hydrogen-bond acceptors (Lipinski definition) is 4. The molecule has 3 rings (SSSR count). The van der Waals surface area contributed by atoms with E-state index in [-0.39, 0.29) is 18.1 Å². The maximum absolute atomic E-state index is 12.5. The number of carbonyl (C=O) groups excluding carboxylic acids is 2. The molecule has 5 heteroatoms. The monoisotopic (exact) mass is 409 g/mol. The number of benzene rings is 2. The first-order chi connectivity index (χ1) is 14.4. The lowest BCUT2D eigenvalue weighted by molar-refractivity contribution is -0.134. The van der Waals surface area contributed by atoms with Gasteiger partial charge in [-0.15, -0.1) is 0 Å². The molecule has 160 valence electrons. The molecule has 1 unspecified atom stereocenters. The van der Waals surface area contributed by atoms with Crippen LogP contribution in [0.15, 0.2) is 54.6 Å². The van der Waals surface area contributed by atoms with Crippen LogP contribution in [0.1, 0.15) is 51.2 Å². The van der Waals surface area contributed by atoms with Crippen molar-refractivity contribution in [3.05, 3.63) is 65.7 Å². The fourth-order valence-electron chi connectivity index (χ4n) is 3.90. The summed E-state index contributed by atoms with van der Waals surface area (Å²) < 4.78 is 11.0. The number of aryl methyl sites for hydroxylation is 1. The van der Waals surface area contributed by atoms with E-state index in [1.165, 1.54) is 5.56 Å². The molecule has 5 nitrogen and oxygen atoms in total. The van der Waals surface area contributed by atoms with E-state index in [4.69, 9.17) is 9.47 Å². The summed E-state index contributed by atoms with van der Waals surface area (Å²) in [5, 5.41) is 0. The molecule has 1 heterocycles. The lowest BCUT2D eigenvalue weighted by Crippen LogP contribution is -2.43. The Bertz CT molecular complexity index is 862. The van der Waals surface area contributed by atoms with Crippen LogP contribution in [0.3, 0.4) is 0 Å². The van der Waals surface area contributed by atoms with E-state index in [2.05, 4.69) is 12.1 Å². The summed E-state index contributed by atoms with van der Waals surface area (Å²) in [6.07, 6.45) is 3.31. The van der Waals surface area contributed by atoms with Crippen molar-refractivity contribution in [3.8, 4) is 5.75 Å². The Hall–Kier alpha value is -2.82. The SMILES string of the molecule is CCCC(=O)Oc1cccc(CCCN2C(=O)OC(C)(C)C2Cc2ccccc2)c1. The molecule has 2 aromatic rings. The molecule has 1 aliphatic heterocycles. The second kappa shape index (κ2) is 9.79. The highest BCUT2D eigenvalue weighted by atomic mass is 16.6. The van der Waals surface area contributed by atoms with Gasteiger partial charge in [-0.05, 0) is 62.8 Å². The third kappa shape index (κ3) is 5.62. The van der Waals surface area contributed by atoms with E-state index < -0.39 is 5.60 Å². The van der Waals surface area contributed by atoms with Gasteiger partial charge < -0.3 is 14.4 Å². The van der Waals surface area contributed by atoms with Crippen molar-refractivity contribution < 1.29 is 19.1 Å². The maximum atomic E-state index is 12.5. The zero-order chi connectivity index (χ0) is 21.6. The molecule has 30 heavy (non-hydrogen) atoms. The van der Waals surface area contributed by atoms with Gasteiger partial charge in [-0.2, -0.15) is 0 Å². The first-order valence-electron chi connectivity index (χ1n) is 10.7. The number of rotatable bonds is 9. The molecule has 1 amide bonds. The van der Waals surface area contributed by atoms with Crippen LogP contribution in [0.4, 0.5) is 4.79 Å². The molecule has 1 fully saturated rings. The molecule has 0 saturated carbocycles. The van der Waals surface area contributed by atoms with Crippen LogP contribution in [-0.2, 0) is 22.4 Å². The van der Waals surface area contributed by atoms with Crippen LogP contribution in [0, 0.1) is 0 Å². The Morgan fingerprint density at radius 3 is 2.57 bits per heavy atom. The van der Waals surface area contributed by atoms with Gasteiger partial charge in [0.15, 0.2) is 0 Å². The minimum atomic E-state index is -0.527. The molecule has 2 aromatic carbocycles. The topological polar surface area (TPSA) is 55.8 Å². The van der Waals surface area contributed by atoms with Crippen molar-refractivity contribution in [2.75, 3.05) is 6.54 Å². The first kappa shape index (κ1) is 21.9. The standard InChI is InChI=1S/C25H31NO4/c1-4-10-23(27)29-21-15-8-13-19(17-21)14-9-16-26-22(25(2,3)30-24(26)28)18-20-11-6-5-7-12-20/h5-8,11-13,15,17,22H,4,9-10,14,16,18H2,1-3H3. The predicted molar refractivity (Wildman–Crippen MR) is 117 cm³/mol. The normalized spacial score (nSPS) is 17.6. The zero-order valence-electron chi connectivity index (χ0n) is 18.1. The van der Waals surface area contributed by atoms with Gasteiger partial charge in [-0.25, -0.2) is 4.79 Å². The summed E-state index contributed by atoms with van der Waals surface area (Å²) in [5.41, 5.74) is 1.75. The fourth-order valence-corrected chi connectivity index (χ4v) is 3.90. The quantitative estimate of drug-likeness (QED) is 0.424. The Kier molecular flexibility index (Phi) is 7.14. The molecule has 0 aliphatic carbocycles. The number of hydrogen-bond donors (Lipinski definition) is 0. The van der Waals surface area contributed by atoms with Crippen molar-refractivity contribution in [2.24, 2.45) is 0 Å². The average molecular weight is 410 g/mol. The van der Waals surface area contributed by atoms with Crippen molar-refractivity contribution in [3.63, 3.8) is 0 Å². The minimum Gasteiger partial charge on any atom is -0.441 e. The highest BCUT2D eigenvalue weighted by Crippen LogP contribution is 2.32. The second-order valence-electron chi connectivity index (χ2n) is 8.35. The Morgan fingerprint density at radius 1 is 1.10 bits per heavy atom. The molecule has 0 aromatic heterocycles. The second-order valence-corrected chi connectivity index (χ2v) is 8.35. The molecular weight excluding hydrogens is 378 g/mol. The van der Waals surface area contributed by atoms with Crippen LogP contribution in [0.2, 0.25) is 0 Å². The van der Waals surface area contributed by atoms with E-state index in [1.54, 1.807) is 6.07 Å². The van der Waals surface area contributed by atoms with Crippen molar-refractivity contribution in [1.29, 1.82) is 0 Å². The van der Waals surface area contributed by atoms with Crippen molar-refractivity contribution in [2.45, 2.75) is 64.5 Å². The van der Waals surface area contributed by atoms with Crippen molar-refractivity contribution >= 4 is 12.1 Å². The van der Waals surface area contributed by atoms with Crippen LogP contribution in [0.5, 0.6) is 5.75 Å². The van der Waals surface area contributed by atoms with E-state index in [0.29, 0.717) is 18.7 Å². The summed E-state index contributed by atoms with van der Waals surface area (Å²) in [6.45, 7) is 6.53. The molecule has 1 saturated heterocycles. The number of amides is 1. The number of carbonyl (C=O) groups is 2. The summed E-state index contributed by atoms with van der Waals surface area (Å²) in [7, 11) is 0. The van der Waals surface area contributed by atoms with Gasteiger partial charge in [0.05, 0.1) is 6.04 Å². The molecule has 0 bridgehead atoms. The third-order valence-corrected chi connectivity index (χ3v) is 5.48. The third-order valence-electron chi connectivity index (χ3n) is 5.48. The van der Waals surface area contributed by atoms with E-state index in [1.807, 2.05) is 62.1 Å². The summed E-state index contributed by atoms with van der Waals surface area (Å²) in [4.78, 5) is 26.1. The Labute approximate surface area is 179 Å². The number of ether oxygens (including phenoxy) is 2. The lowest BCUT2D eigenvalue weighted by Gasteiger charge is -2.29. The number of nitrogens with zero attached hydrogens (tertiary/aromatic N) is 1. The average Bonchev–Trinajstić information content (AvgIpc) is 2.91. The molecule has 1 aliphatic rings. The van der Waals surface area contributed by atoms with Gasteiger partial charge in [0.25, 0.3) is 0 Å². The summed E-state index contributed by atoms with van der Waals surface area (Å²) >= 11 is 0. The predicted octanol–water partition coefficient (Wildman–Crippen LogP) is 5.17. The fraction of sp³-hybridized carbons (Fsp3) is 0.440. The van der Waals surface area contributed by atoms with Gasteiger partial charge in [-0.3, -0.25) is 4.79 Å². The van der Waals surface area contributed by atoms with Gasteiger partial charge in [0, 0.05) is 13.0 Å². The highest BCUT2D eigenvalue weighted by molar-refractivity contribution is 5.72. The molecule has 0 spiro atoms. The van der Waals surface area contributed by atoms with Crippen LogP contribution in [0.25, 0.3) is 0 Å². The van der Waals surface area contributed by atoms with E-state index in [9.17, 15) is 9.59 Å². The summed E-state index contributed by atoms with van der Waals surface area (Å²) in [5.74, 6) is 0.370. The van der Waals surface area contributed by atoms with Gasteiger partial charge in [0.1, 0.15) is 11.4 Å². The molecular formula is C25H31NO4. The maximum Gasteiger partial charge on any atom is 0.410 e. The summed E-state index contributed by atoms with van der Waals surface area (Å²) in [6, 6.07) is 17.8. The minimum absolute atomic E-state index is 0.00580. The lowest BCUT2D eigenvalue weighted by atomic mass is 9.92. The Morgan fingerprint density at radius 2 is 1.83 bits per heavy atom. The van der Waals surface area contributed by atoms with Gasteiger partial charge >= 0.3 is 12.1 Å². The van der Waals surface area contributed by atoms with Crippen LogP contribution < -0.4 is 4.74 Å². The zero-order valence-corrected chi connectivity index (χ0v) is 18.1. The molecule has 0 radical (unpaired) electrons. The number of cyclic esters (lactones) is 1. The molecule has 0 N–H and O–H groups in total. The first-order valence-corrected chi connectivity index (χ1v) is 10.7. The van der Waals surface area contributed by atoms with Gasteiger partial charge in [-0.1, -0.05) is 49.4 Å². The van der Waals surface area contributed by atoms with Crippen LogP contribution >= 0.6 is 0 Å². The van der Waals surface area contributed by atoms with E-state index in [0.717, 1.165) is 31.2 Å². The smallest absolute Gasteiger partial charge is 0.410 e. The van der Waals surface area contributed by atoms with Gasteiger partial charge in [0.2, 0.25) is 0 Å². The Balaban J connectivity index is 1.60.